The third-order valence-electron chi connectivity index (χ3n) is 4.17. The first-order valence-corrected chi connectivity index (χ1v) is 8.81. The van der Waals surface area contributed by atoms with Gasteiger partial charge in [-0.2, -0.15) is 0 Å². The van der Waals surface area contributed by atoms with E-state index in [2.05, 4.69) is 47.8 Å². The summed E-state index contributed by atoms with van der Waals surface area (Å²) >= 11 is 0. The monoisotopic (exact) mass is 349 g/mol. The van der Waals surface area contributed by atoms with Gasteiger partial charge in [-0.05, 0) is 29.2 Å². The lowest BCUT2D eigenvalue weighted by molar-refractivity contribution is -0.115. The second-order valence-corrected chi connectivity index (χ2v) is 6.63. The molecule has 1 N–H and O–H groups in total. The number of amides is 1. The summed E-state index contributed by atoms with van der Waals surface area (Å²) in [5, 5.41) is 2.96. The minimum Gasteiger partial charge on any atom is -0.358 e. The number of rotatable bonds is 8. The molecule has 0 bridgehead atoms. The average molecular weight is 349 g/mol. The summed E-state index contributed by atoms with van der Waals surface area (Å²) in [4.78, 5) is 18.4. The summed E-state index contributed by atoms with van der Waals surface area (Å²) in [6, 6.07) is 18.0. The normalized spacial score (nSPS) is 12.2. The fourth-order valence-electron chi connectivity index (χ4n) is 3.06. The molecule has 0 fully saturated rings. The number of hydrogen-bond donors (Lipinski definition) is 1. The van der Waals surface area contributed by atoms with E-state index in [1.54, 1.807) is 6.34 Å². The number of benzene rings is 2. The van der Waals surface area contributed by atoms with Crippen molar-refractivity contribution in [2.45, 2.75) is 26.3 Å². The zero-order valence-corrected chi connectivity index (χ0v) is 15.7. The van der Waals surface area contributed by atoms with Crippen LogP contribution in [0.3, 0.4) is 0 Å². The number of carbonyl (C=O) groups is 1. The van der Waals surface area contributed by atoms with Crippen molar-refractivity contribution in [1.29, 1.82) is 0 Å². The zero-order valence-electron chi connectivity index (χ0n) is 15.7. The van der Waals surface area contributed by atoms with Gasteiger partial charge in [-0.15, -0.1) is 0 Å². The first-order valence-electron chi connectivity index (χ1n) is 8.81. The third-order valence-corrected chi connectivity index (χ3v) is 4.17. The molecule has 0 heterocycles. The Kier molecular flexibility index (Phi) is 7.15. The largest absolute Gasteiger partial charge is 0.358 e. The van der Waals surface area contributed by atoms with Crippen molar-refractivity contribution in [3.05, 3.63) is 78.5 Å². The van der Waals surface area contributed by atoms with Crippen LogP contribution >= 0.6 is 0 Å². The number of anilines is 1. The number of aliphatic imine (C=N–C) groups is 1. The van der Waals surface area contributed by atoms with E-state index in [-0.39, 0.29) is 11.9 Å². The molecule has 2 rings (SSSR count). The van der Waals surface area contributed by atoms with Crippen molar-refractivity contribution in [3.8, 4) is 0 Å². The van der Waals surface area contributed by atoms with Crippen molar-refractivity contribution in [3.63, 3.8) is 0 Å². The van der Waals surface area contributed by atoms with Crippen LogP contribution in [0.25, 0.3) is 0 Å². The van der Waals surface area contributed by atoms with E-state index in [0.29, 0.717) is 12.3 Å². The van der Waals surface area contributed by atoms with Gasteiger partial charge in [0.2, 0.25) is 5.91 Å². The zero-order chi connectivity index (χ0) is 18.9. The number of nitrogens with zero attached hydrogens (tertiary/aromatic N) is 2. The molecule has 0 saturated carbocycles. The van der Waals surface area contributed by atoms with E-state index in [1.807, 2.05) is 49.5 Å². The van der Waals surface area contributed by atoms with Crippen LogP contribution in [-0.4, -0.2) is 24.2 Å². The molecule has 0 aliphatic carbocycles. The molecule has 4 heteroatoms. The van der Waals surface area contributed by atoms with Crippen LogP contribution in [0, 0.1) is 5.92 Å². The summed E-state index contributed by atoms with van der Waals surface area (Å²) in [5.74, 6) is 0.398. The van der Waals surface area contributed by atoms with Crippen molar-refractivity contribution in [2.75, 3.05) is 12.4 Å². The summed E-state index contributed by atoms with van der Waals surface area (Å²) in [7, 11) is 2.01. The standard InChI is InChI=1S/C22H27N3O/c1-5-23-16-25(4)22(17(2)3)19-11-13-20(14-12-19)24-21(26)15-18-9-7-6-8-10-18/h5-14,16-17,22H,1,15H2,2-4H3,(H,24,26). The summed E-state index contributed by atoms with van der Waals surface area (Å²) in [6.45, 7) is 7.97. The highest BCUT2D eigenvalue weighted by Gasteiger charge is 2.19. The number of nitrogens with one attached hydrogen (secondary N) is 1. The maximum absolute atomic E-state index is 12.2. The molecule has 0 aliphatic rings. The molecule has 4 nitrogen and oxygen atoms in total. The number of carbonyl (C=O) groups excluding carboxylic acids is 1. The molecule has 0 aliphatic heterocycles. The molecule has 1 unspecified atom stereocenters. The van der Waals surface area contributed by atoms with Crippen LogP contribution < -0.4 is 5.32 Å². The highest BCUT2D eigenvalue weighted by atomic mass is 16.1. The lowest BCUT2D eigenvalue weighted by atomic mass is 9.95. The van der Waals surface area contributed by atoms with Gasteiger partial charge in [0.15, 0.2) is 0 Å². The van der Waals surface area contributed by atoms with Crippen LogP contribution in [0.5, 0.6) is 0 Å². The van der Waals surface area contributed by atoms with E-state index in [0.717, 1.165) is 11.3 Å². The first kappa shape index (κ1) is 19.4. The highest BCUT2D eigenvalue weighted by molar-refractivity contribution is 5.92. The molecule has 0 aromatic heterocycles. The molecular formula is C22H27N3O. The van der Waals surface area contributed by atoms with E-state index in [9.17, 15) is 4.79 Å². The number of hydrogen-bond acceptors (Lipinski definition) is 2. The Bertz CT molecular complexity index is 736. The van der Waals surface area contributed by atoms with Gasteiger partial charge >= 0.3 is 0 Å². The molecule has 0 spiro atoms. The minimum atomic E-state index is -0.0143. The lowest BCUT2D eigenvalue weighted by Crippen LogP contribution is -2.27. The summed E-state index contributed by atoms with van der Waals surface area (Å²) in [6.07, 6.45) is 3.68. The van der Waals surface area contributed by atoms with Gasteiger partial charge < -0.3 is 10.2 Å². The third kappa shape index (κ3) is 5.59. The Labute approximate surface area is 156 Å². The Morgan fingerprint density at radius 3 is 2.38 bits per heavy atom. The Balaban J connectivity index is 2.05. The smallest absolute Gasteiger partial charge is 0.228 e. The van der Waals surface area contributed by atoms with E-state index in [1.165, 1.54) is 11.8 Å². The summed E-state index contributed by atoms with van der Waals surface area (Å²) < 4.78 is 0. The van der Waals surface area contributed by atoms with E-state index < -0.39 is 0 Å². The second kappa shape index (κ2) is 9.56. The van der Waals surface area contributed by atoms with Crippen LogP contribution in [0.4, 0.5) is 5.69 Å². The molecule has 2 aromatic rings. The van der Waals surface area contributed by atoms with Gasteiger partial charge in [-0.3, -0.25) is 4.79 Å². The van der Waals surface area contributed by atoms with Gasteiger partial charge in [0.25, 0.3) is 0 Å². The topological polar surface area (TPSA) is 44.7 Å². The van der Waals surface area contributed by atoms with E-state index in [4.69, 9.17) is 0 Å². The molecule has 26 heavy (non-hydrogen) atoms. The molecule has 1 amide bonds. The minimum absolute atomic E-state index is 0.0143. The molecular weight excluding hydrogens is 322 g/mol. The van der Waals surface area contributed by atoms with Crippen molar-refractivity contribution >= 4 is 17.9 Å². The molecule has 1 atom stereocenters. The SMILES string of the molecule is C=CN=CN(C)C(c1ccc(NC(=O)Cc2ccccc2)cc1)C(C)C. The van der Waals surface area contributed by atoms with Gasteiger partial charge in [-0.25, -0.2) is 4.99 Å². The van der Waals surface area contributed by atoms with Gasteiger partial charge in [0, 0.05) is 18.9 Å². The fourth-order valence-corrected chi connectivity index (χ4v) is 3.06. The maximum atomic E-state index is 12.2. The van der Waals surface area contributed by atoms with Crippen LogP contribution in [0.15, 0.2) is 72.4 Å². The molecule has 2 aromatic carbocycles. The van der Waals surface area contributed by atoms with Gasteiger partial charge in [0.1, 0.15) is 0 Å². The first-order chi connectivity index (χ1) is 12.5. The van der Waals surface area contributed by atoms with Gasteiger partial charge in [0.05, 0.1) is 18.8 Å². The van der Waals surface area contributed by atoms with Crippen molar-refractivity contribution in [2.24, 2.45) is 10.9 Å². The lowest BCUT2D eigenvalue weighted by Gasteiger charge is -2.30. The van der Waals surface area contributed by atoms with Crippen molar-refractivity contribution < 1.29 is 4.79 Å². The van der Waals surface area contributed by atoms with E-state index >= 15 is 0 Å². The summed E-state index contributed by atoms with van der Waals surface area (Å²) in [5.41, 5.74) is 2.99. The highest BCUT2D eigenvalue weighted by Crippen LogP contribution is 2.27. The predicted octanol–water partition coefficient (Wildman–Crippen LogP) is 4.67. The van der Waals surface area contributed by atoms with Gasteiger partial charge in [-0.1, -0.05) is 62.9 Å². The average Bonchev–Trinajstić information content (AvgIpc) is 2.62. The fraction of sp³-hybridized carbons (Fsp3) is 0.273. The van der Waals surface area contributed by atoms with Crippen LogP contribution in [0.2, 0.25) is 0 Å². The molecule has 0 radical (unpaired) electrons. The van der Waals surface area contributed by atoms with Crippen LogP contribution in [-0.2, 0) is 11.2 Å². The molecule has 136 valence electrons. The Morgan fingerprint density at radius 2 is 1.81 bits per heavy atom. The Morgan fingerprint density at radius 1 is 1.15 bits per heavy atom. The van der Waals surface area contributed by atoms with Crippen molar-refractivity contribution in [1.82, 2.24) is 4.90 Å². The predicted molar refractivity (Wildman–Crippen MR) is 109 cm³/mol. The quantitative estimate of drug-likeness (QED) is 0.556. The maximum Gasteiger partial charge on any atom is 0.228 e. The molecule has 0 saturated heterocycles. The second-order valence-electron chi connectivity index (χ2n) is 6.63. The Hall–Kier alpha value is -2.88. The van der Waals surface area contributed by atoms with Crippen LogP contribution in [0.1, 0.15) is 31.0 Å².